The van der Waals surface area contributed by atoms with E-state index in [2.05, 4.69) is 22.2 Å². The van der Waals surface area contributed by atoms with E-state index in [1.807, 2.05) is 24.3 Å². The molecule has 3 N–H and O–H groups in total. The highest BCUT2D eigenvalue weighted by Gasteiger charge is 2.05. The maximum absolute atomic E-state index is 11.7. The smallest absolute Gasteiger partial charge is 0.257 e. The van der Waals surface area contributed by atoms with Crippen LogP contribution in [-0.4, -0.2) is 19.6 Å². The molecule has 108 valence electrons. The molecule has 5 heteroatoms. The van der Waals surface area contributed by atoms with Crippen molar-refractivity contribution in [3.8, 4) is 5.75 Å². The van der Waals surface area contributed by atoms with Crippen LogP contribution in [0.1, 0.15) is 25.7 Å². The third-order valence-electron chi connectivity index (χ3n) is 3.20. The number of hydrazine groups is 1. The van der Waals surface area contributed by atoms with E-state index in [0.29, 0.717) is 0 Å². The zero-order chi connectivity index (χ0) is 14.2. The summed E-state index contributed by atoms with van der Waals surface area (Å²) in [6.07, 6.45) is 6.64. The summed E-state index contributed by atoms with van der Waals surface area (Å²) >= 11 is 0. The lowest BCUT2D eigenvalue weighted by molar-refractivity contribution is -0.120. The average molecular weight is 275 g/mol. The van der Waals surface area contributed by atoms with Crippen LogP contribution in [0.5, 0.6) is 5.75 Å². The summed E-state index contributed by atoms with van der Waals surface area (Å²) in [5.41, 5.74) is 7.67. The van der Waals surface area contributed by atoms with Gasteiger partial charge < -0.3 is 15.5 Å². The highest BCUT2D eigenvalue weighted by atomic mass is 16.5. The molecule has 20 heavy (non-hydrogen) atoms. The molecule has 5 nitrogen and oxygen atoms in total. The van der Waals surface area contributed by atoms with E-state index in [4.69, 9.17) is 4.74 Å². The molecule has 1 amide bonds. The Balaban J connectivity index is 1.70. The van der Waals surface area contributed by atoms with E-state index >= 15 is 0 Å². The number of hydrogen-bond acceptors (Lipinski definition) is 4. The molecule has 1 aromatic rings. The number of carbonyl (C=O) groups is 1. The molecule has 0 aromatic heterocycles. The van der Waals surface area contributed by atoms with Gasteiger partial charge in [0.25, 0.3) is 5.91 Å². The SMILES string of the molecule is COc1ccc(NCC(=O)NNC2=CCCCC2)cc1. The van der Waals surface area contributed by atoms with E-state index in [-0.39, 0.29) is 12.5 Å². The second kappa shape index (κ2) is 7.43. The average Bonchev–Trinajstić information content (AvgIpc) is 2.52. The number of amides is 1. The predicted octanol–water partition coefficient (Wildman–Crippen LogP) is 2.19. The molecule has 0 fully saturated rings. The maximum Gasteiger partial charge on any atom is 0.257 e. The molecule has 0 spiro atoms. The van der Waals surface area contributed by atoms with E-state index in [9.17, 15) is 4.79 Å². The van der Waals surface area contributed by atoms with Gasteiger partial charge in [0.15, 0.2) is 0 Å². The second-order valence-electron chi connectivity index (χ2n) is 4.73. The fourth-order valence-corrected chi connectivity index (χ4v) is 2.04. The van der Waals surface area contributed by atoms with Gasteiger partial charge in [0, 0.05) is 11.4 Å². The Labute approximate surface area is 119 Å². The summed E-state index contributed by atoms with van der Waals surface area (Å²) < 4.78 is 5.08. The minimum absolute atomic E-state index is 0.0905. The van der Waals surface area contributed by atoms with Gasteiger partial charge in [-0.2, -0.15) is 0 Å². The predicted molar refractivity (Wildman–Crippen MR) is 79.3 cm³/mol. The third kappa shape index (κ3) is 4.50. The van der Waals surface area contributed by atoms with Gasteiger partial charge in [-0.05, 0) is 49.9 Å². The van der Waals surface area contributed by atoms with Gasteiger partial charge in [-0.25, -0.2) is 0 Å². The number of nitrogens with one attached hydrogen (secondary N) is 3. The molecule has 1 aliphatic rings. The van der Waals surface area contributed by atoms with Crippen molar-refractivity contribution >= 4 is 11.6 Å². The van der Waals surface area contributed by atoms with Gasteiger partial charge in [-0.3, -0.25) is 10.2 Å². The summed E-state index contributed by atoms with van der Waals surface area (Å²) in [5.74, 6) is 0.707. The molecule has 0 atom stereocenters. The Morgan fingerprint density at radius 3 is 2.70 bits per heavy atom. The van der Waals surface area contributed by atoms with Crippen LogP contribution in [0.4, 0.5) is 5.69 Å². The second-order valence-corrected chi connectivity index (χ2v) is 4.73. The van der Waals surface area contributed by atoms with Crippen molar-refractivity contribution < 1.29 is 9.53 Å². The number of rotatable bonds is 6. The lowest BCUT2D eigenvalue weighted by Crippen LogP contribution is -2.40. The summed E-state index contributed by atoms with van der Waals surface area (Å²) in [6.45, 7) is 0.229. The summed E-state index contributed by atoms with van der Waals surface area (Å²) in [6, 6.07) is 7.46. The van der Waals surface area contributed by atoms with Gasteiger partial charge in [0.2, 0.25) is 0 Å². The van der Waals surface area contributed by atoms with Crippen molar-refractivity contribution in [3.05, 3.63) is 36.0 Å². The molecule has 0 heterocycles. The van der Waals surface area contributed by atoms with E-state index in [1.165, 1.54) is 12.8 Å². The van der Waals surface area contributed by atoms with Crippen molar-refractivity contribution in [2.75, 3.05) is 19.0 Å². The summed E-state index contributed by atoms with van der Waals surface area (Å²) in [4.78, 5) is 11.7. The first-order valence-electron chi connectivity index (χ1n) is 6.90. The number of allylic oxidation sites excluding steroid dienone is 2. The molecule has 1 aliphatic carbocycles. The molecule has 0 radical (unpaired) electrons. The van der Waals surface area contributed by atoms with Crippen LogP contribution < -0.4 is 20.9 Å². The molecule has 0 saturated carbocycles. The molecule has 1 aromatic carbocycles. The Bertz CT molecular complexity index is 469. The van der Waals surface area contributed by atoms with Crippen molar-refractivity contribution in [2.24, 2.45) is 0 Å². The standard InChI is InChI=1S/C15H21N3O2/c1-20-14-9-7-12(8-10-14)16-11-15(19)18-17-13-5-3-2-4-6-13/h5,7-10,16-17H,2-4,6,11H2,1H3,(H,18,19). The lowest BCUT2D eigenvalue weighted by Gasteiger charge is -2.16. The lowest BCUT2D eigenvalue weighted by atomic mass is 10.1. The maximum atomic E-state index is 11.7. The van der Waals surface area contributed by atoms with Crippen LogP contribution in [0.15, 0.2) is 36.0 Å². The Morgan fingerprint density at radius 2 is 2.05 bits per heavy atom. The first-order chi connectivity index (χ1) is 9.78. The Hall–Kier alpha value is -2.17. The molecule has 0 unspecified atom stereocenters. The van der Waals surface area contributed by atoms with Gasteiger partial charge in [-0.15, -0.1) is 0 Å². The summed E-state index contributed by atoms with van der Waals surface area (Å²) in [5, 5.41) is 3.06. The van der Waals surface area contributed by atoms with E-state index in [1.54, 1.807) is 7.11 Å². The quantitative estimate of drug-likeness (QED) is 0.696. The minimum Gasteiger partial charge on any atom is -0.497 e. The normalized spacial score (nSPS) is 14.2. The largest absolute Gasteiger partial charge is 0.497 e. The van der Waals surface area contributed by atoms with Crippen LogP contribution >= 0.6 is 0 Å². The number of carbonyl (C=O) groups excluding carboxylic acids is 1. The topological polar surface area (TPSA) is 62.4 Å². The zero-order valence-corrected chi connectivity index (χ0v) is 11.7. The van der Waals surface area contributed by atoms with E-state index in [0.717, 1.165) is 30.0 Å². The minimum atomic E-state index is -0.0905. The molecule has 0 bridgehead atoms. The number of methoxy groups -OCH3 is 1. The number of ether oxygens (including phenoxy) is 1. The first kappa shape index (κ1) is 14.2. The van der Waals surface area contributed by atoms with Crippen molar-refractivity contribution in [3.63, 3.8) is 0 Å². The third-order valence-corrected chi connectivity index (χ3v) is 3.20. The van der Waals surface area contributed by atoms with Crippen LogP contribution in [0.25, 0.3) is 0 Å². The zero-order valence-electron chi connectivity index (χ0n) is 11.7. The molecule has 0 aliphatic heterocycles. The van der Waals surface area contributed by atoms with Crippen molar-refractivity contribution in [1.82, 2.24) is 10.9 Å². The van der Waals surface area contributed by atoms with Gasteiger partial charge in [0.05, 0.1) is 13.7 Å². The van der Waals surface area contributed by atoms with E-state index < -0.39 is 0 Å². The van der Waals surface area contributed by atoms with Gasteiger partial charge >= 0.3 is 0 Å². The number of hydrogen-bond donors (Lipinski definition) is 3. The highest BCUT2D eigenvalue weighted by molar-refractivity contribution is 5.80. The fourth-order valence-electron chi connectivity index (χ4n) is 2.04. The van der Waals surface area contributed by atoms with Crippen LogP contribution in [0, 0.1) is 0 Å². The first-order valence-corrected chi connectivity index (χ1v) is 6.90. The number of anilines is 1. The molecular weight excluding hydrogens is 254 g/mol. The van der Waals surface area contributed by atoms with Gasteiger partial charge in [0.1, 0.15) is 5.75 Å². The summed E-state index contributed by atoms with van der Waals surface area (Å²) in [7, 11) is 1.63. The molecule has 2 rings (SSSR count). The number of benzene rings is 1. The highest BCUT2D eigenvalue weighted by Crippen LogP contribution is 2.15. The Morgan fingerprint density at radius 1 is 1.25 bits per heavy atom. The van der Waals surface area contributed by atoms with Gasteiger partial charge in [-0.1, -0.05) is 6.08 Å². The monoisotopic (exact) mass is 275 g/mol. The fraction of sp³-hybridized carbons (Fsp3) is 0.400. The van der Waals surface area contributed by atoms with Crippen molar-refractivity contribution in [1.29, 1.82) is 0 Å². The van der Waals surface area contributed by atoms with Crippen LogP contribution in [-0.2, 0) is 4.79 Å². The Kier molecular flexibility index (Phi) is 5.29. The molecular formula is C15H21N3O2. The van der Waals surface area contributed by atoms with Crippen molar-refractivity contribution in [2.45, 2.75) is 25.7 Å². The van der Waals surface area contributed by atoms with Crippen LogP contribution in [0.3, 0.4) is 0 Å². The molecule has 0 saturated heterocycles. The van der Waals surface area contributed by atoms with Crippen LogP contribution in [0.2, 0.25) is 0 Å².